The van der Waals surface area contributed by atoms with E-state index in [0.29, 0.717) is 41.7 Å². The quantitative estimate of drug-likeness (QED) is 0.553. The lowest BCUT2D eigenvalue weighted by Gasteiger charge is -2.18. The number of carbonyl (C=O) groups excluding carboxylic acids is 2. The molecule has 0 aliphatic carbocycles. The van der Waals surface area contributed by atoms with Gasteiger partial charge in [0.15, 0.2) is 22.4 Å². The van der Waals surface area contributed by atoms with Crippen LogP contribution in [0.25, 0.3) is 0 Å². The van der Waals surface area contributed by atoms with Crippen LogP contribution in [0.1, 0.15) is 20.9 Å². The lowest BCUT2D eigenvalue weighted by Crippen LogP contribution is -2.34. The number of thiocarbonyl (C=S) groups is 1. The number of rotatable bonds is 4. The maximum Gasteiger partial charge on any atom is 0.291 e. The van der Waals surface area contributed by atoms with Crippen LogP contribution in [0.2, 0.25) is 0 Å². The van der Waals surface area contributed by atoms with E-state index in [1.165, 1.54) is 6.26 Å². The van der Waals surface area contributed by atoms with E-state index in [4.69, 9.17) is 26.1 Å². The summed E-state index contributed by atoms with van der Waals surface area (Å²) in [5.41, 5.74) is 1.53. The third-order valence-electron chi connectivity index (χ3n) is 4.15. The molecule has 0 radical (unpaired) electrons. The smallest absolute Gasteiger partial charge is 0.291 e. The normalized spacial score (nSPS) is 12.0. The first kappa shape index (κ1) is 19.5. The molecule has 0 atom stereocenters. The Balaban J connectivity index is 1.37. The summed E-state index contributed by atoms with van der Waals surface area (Å²) in [5, 5.41) is 8.38. The van der Waals surface area contributed by atoms with E-state index in [1.54, 1.807) is 54.6 Å². The van der Waals surface area contributed by atoms with Crippen molar-refractivity contribution in [3.8, 4) is 11.5 Å². The van der Waals surface area contributed by atoms with E-state index in [9.17, 15) is 9.59 Å². The van der Waals surface area contributed by atoms with Crippen LogP contribution in [0.4, 0.5) is 11.4 Å². The van der Waals surface area contributed by atoms with Gasteiger partial charge in [-0.2, -0.15) is 0 Å². The average Bonchev–Trinajstić information content (AvgIpc) is 3.28. The summed E-state index contributed by atoms with van der Waals surface area (Å²) >= 11 is 5.23. The zero-order chi connectivity index (χ0) is 20.9. The van der Waals surface area contributed by atoms with Crippen LogP contribution in [-0.2, 0) is 0 Å². The van der Waals surface area contributed by atoms with E-state index >= 15 is 0 Å². The topological polar surface area (TPSA) is 102 Å². The number of hydrogen-bond donors (Lipinski definition) is 3. The van der Waals surface area contributed by atoms with Crippen LogP contribution in [0.5, 0.6) is 11.5 Å². The molecule has 1 aromatic heterocycles. The van der Waals surface area contributed by atoms with Crippen molar-refractivity contribution in [3.63, 3.8) is 0 Å². The number of ether oxygens (including phenoxy) is 2. The molecule has 0 saturated carbocycles. The second-order valence-corrected chi connectivity index (χ2v) is 6.69. The monoisotopic (exact) mass is 423 g/mol. The molecule has 2 heterocycles. The summed E-state index contributed by atoms with van der Waals surface area (Å²) < 4.78 is 16.0. The Kier molecular flexibility index (Phi) is 5.62. The highest BCUT2D eigenvalue weighted by molar-refractivity contribution is 7.80. The van der Waals surface area contributed by atoms with Gasteiger partial charge in [-0.15, -0.1) is 0 Å². The molecular weight excluding hydrogens is 406 g/mol. The molecule has 2 aromatic carbocycles. The molecule has 9 heteroatoms. The van der Waals surface area contributed by atoms with E-state index in [1.807, 2.05) is 0 Å². The van der Waals surface area contributed by atoms with Gasteiger partial charge in [0.05, 0.1) is 6.26 Å². The molecule has 1 aliphatic rings. The molecule has 0 saturated heterocycles. The minimum Gasteiger partial charge on any atom is -0.486 e. The third-order valence-corrected chi connectivity index (χ3v) is 4.36. The van der Waals surface area contributed by atoms with Gasteiger partial charge in [-0.1, -0.05) is 6.07 Å². The van der Waals surface area contributed by atoms with Gasteiger partial charge in [0.2, 0.25) is 0 Å². The zero-order valence-electron chi connectivity index (χ0n) is 15.6. The summed E-state index contributed by atoms with van der Waals surface area (Å²) in [7, 11) is 0. The molecule has 4 rings (SSSR count). The Morgan fingerprint density at radius 1 is 0.833 bits per heavy atom. The van der Waals surface area contributed by atoms with Gasteiger partial charge in [-0.3, -0.25) is 14.9 Å². The molecule has 0 fully saturated rings. The highest BCUT2D eigenvalue weighted by Crippen LogP contribution is 2.30. The van der Waals surface area contributed by atoms with Crippen LogP contribution < -0.4 is 25.4 Å². The summed E-state index contributed by atoms with van der Waals surface area (Å²) in [4.78, 5) is 24.6. The first-order chi connectivity index (χ1) is 14.6. The van der Waals surface area contributed by atoms with Crippen LogP contribution >= 0.6 is 12.2 Å². The van der Waals surface area contributed by atoms with Gasteiger partial charge in [-0.25, -0.2) is 0 Å². The summed E-state index contributed by atoms with van der Waals surface area (Å²) in [6.45, 7) is 0.915. The molecule has 2 amide bonds. The molecule has 0 spiro atoms. The van der Waals surface area contributed by atoms with Gasteiger partial charge >= 0.3 is 0 Å². The SMILES string of the molecule is O=C(NC(=S)Nc1cccc(NC(=O)c2ccco2)c1)c1ccc2c(c1)OCCO2. The van der Waals surface area contributed by atoms with Crippen molar-refractivity contribution in [2.24, 2.45) is 0 Å². The standard InChI is InChI=1S/C21H17N3O5S/c25-19(13-6-7-16-18(11-13)29-10-9-28-16)24-21(30)23-15-4-1-3-14(12-15)22-20(26)17-5-2-8-27-17/h1-8,11-12H,9-10H2,(H,22,26)(H2,23,24,25,30). The fraction of sp³-hybridized carbons (Fsp3) is 0.0952. The van der Waals surface area contributed by atoms with Crippen LogP contribution in [0.3, 0.4) is 0 Å². The highest BCUT2D eigenvalue weighted by Gasteiger charge is 2.16. The number of furan rings is 1. The Hall–Kier alpha value is -3.85. The van der Waals surface area contributed by atoms with Gasteiger partial charge in [0.1, 0.15) is 13.2 Å². The molecular formula is C21H17N3O5S. The fourth-order valence-corrected chi connectivity index (χ4v) is 3.01. The highest BCUT2D eigenvalue weighted by atomic mass is 32.1. The number of anilines is 2. The van der Waals surface area contributed by atoms with Crippen LogP contribution in [-0.4, -0.2) is 30.1 Å². The van der Waals surface area contributed by atoms with Crippen molar-refractivity contribution in [3.05, 3.63) is 72.2 Å². The third kappa shape index (κ3) is 4.58. The molecule has 30 heavy (non-hydrogen) atoms. The molecule has 0 bridgehead atoms. The number of nitrogens with one attached hydrogen (secondary N) is 3. The Morgan fingerprint density at radius 2 is 1.60 bits per heavy atom. The van der Waals surface area contributed by atoms with E-state index in [-0.39, 0.29) is 22.7 Å². The largest absolute Gasteiger partial charge is 0.486 e. The minimum atomic E-state index is -0.383. The summed E-state index contributed by atoms with van der Waals surface area (Å²) in [6, 6.07) is 15.0. The maximum atomic E-state index is 12.5. The van der Waals surface area contributed by atoms with Gasteiger partial charge < -0.3 is 24.5 Å². The number of benzene rings is 2. The average molecular weight is 423 g/mol. The van der Waals surface area contributed by atoms with Crippen LogP contribution in [0.15, 0.2) is 65.3 Å². The van der Waals surface area contributed by atoms with Gasteiger partial charge in [0, 0.05) is 16.9 Å². The minimum absolute atomic E-state index is 0.115. The Morgan fingerprint density at radius 3 is 2.37 bits per heavy atom. The fourth-order valence-electron chi connectivity index (χ4n) is 2.80. The van der Waals surface area contributed by atoms with Crippen molar-refractivity contribution in [1.29, 1.82) is 0 Å². The molecule has 8 nitrogen and oxygen atoms in total. The second kappa shape index (κ2) is 8.66. The van der Waals surface area contributed by atoms with Gasteiger partial charge in [0.25, 0.3) is 11.8 Å². The van der Waals surface area contributed by atoms with Crippen LogP contribution in [0, 0.1) is 0 Å². The van der Waals surface area contributed by atoms with E-state index in [2.05, 4.69) is 16.0 Å². The molecule has 1 aliphatic heterocycles. The lowest BCUT2D eigenvalue weighted by atomic mass is 10.2. The molecule has 152 valence electrons. The first-order valence-electron chi connectivity index (χ1n) is 9.05. The Labute approximate surface area is 177 Å². The first-order valence-corrected chi connectivity index (χ1v) is 9.46. The van der Waals surface area contributed by atoms with E-state index in [0.717, 1.165) is 0 Å². The number of hydrogen-bond acceptors (Lipinski definition) is 6. The zero-order valence-corrected chi connectivity index (χ0v) is 16.5. The number of carbonyl (C=O) groups is 2. The molecule has 3 aromatic rings. The van der Waals surface area contributed by atoms with Gasteiger partial charge in [-0.05, 0) is 60.7 Å². The van der Waals surface area contributed by atoms with E-state index < -0.39 is 0 Å². The van der Waals surface area contributed by atoms with Crippen molar-refractivity contribution in [1.82, 2.24) is 5.32 Å². The van der Waals surface area contributed by atoms with Crippen molar-refractivity contribution in [2.75, 3.05) is 23.8 Å². The number of amides is 2. The second-order valence-electron chi connectivity index (χ2n) is 6.28. The Bertz CT molecular complexity index is 1100. The maximum absolute atomic E-state index is 12.5. The predicted octanol–water partition coefficient (Wildman–Crippen LogP) is 3.43. The summed E-state index contributed by atoms with van der Waals surface area (Å²) in [6.07, 6.45) is 1.43. The predicted molar refractivity (Wildman–Crippen MR) is 114 cm³/mol. The van der Waals surface area contributed by atoms with Crippen molar-refractivity contribution >= 4 is 40.5 Å². The number of fused-ring (bicyclic) bond motifs is 1. The van der Waals surface area contributed by atoms with Crippen molar-refractivity contribution in [2.45, 2.75) is 0 Å². The summed E-state index contributed by atoms with van der Waals surface area (Å²) in [5.74, 6) is 0.577. The lowest BCUT2D eigenvalue weighted by molar-refractivity contribution is 0.0974. The van der Waals surface area contributed by atoms with Crippen molar-refractivity contribution < 1.29 is 23.5 Å². The molecule has 0 unspecified atom stereocenters. The molecule has 3 N–H and O–H groups in total.